The van der Waals surface area contributed by atoms with Crippen LogP contribution in [-0.2, 0) is 9.59 Å². The van der Waals surface area contributed by atoms with Gasteiger partial charge in [-0.1, -0.05) is 6.92 Å². The average Bonchev–Trinajstić information content (AvgIpc) is 2.18. The van der Waals surface area contributed by atoms with E-state index in [4.69, 9.17) is 10.8 Å². The number of carboxylic acids is 1. The van der Waals surface area contributed by atoms with Crippen molar-refractivity contribution in [2.45, 2.75) is 45.6 Å². The summed E-state index contributed by atoms with van der Waals surface area (Å²) in [7, 11) is 0. The van der Waals surface area contributed by atoms with Crippen LogP contribution in [0.15, 0.2) is 0 Å². The van der Waals surface area contributed by atoms with Crippen LogP contribution in [0.1, 0.15) is 39.5 Å². The molecule has 0 radical (unpaired) electrons. The Labute approximate surface area is 96.4 Å². The number of nitrogens with two attached hydrogens (primary N) is 1. The van der Waals surface area contributed by atoms with Gasteiger partial charge in [0.25, 0.3) is 0 Å². The summed E-state index contributed by atoms with van der Waals surface area (Å²) in [5.41, 5.74) is 5.46. The molecule has 0 aromatic rings. The molecule has 4 N–H and O–H groups in total. The zero-order valence-corrected chi connectivity index (χ0v) is 10.0. The van der Waals surface area contributed by atoms with E-state index in [1.165, 1.54) is 0 Å². The molecule has 1 amide bonds. The van der Waals surface area contributed by atoms with Crippen molar-refractivity contribution in [1.29, 1.82) is 0 Å². The van der Waals surface area contributed by atoms with E-state index >= 15 is 0 Å². The van der Waals surface area contributed by atoms with Crippen molar-refractivity contribution < 1.29 is 14.7 Å². The van der Waals surface area contributed by atoms with E-state index in [0.29, 0.717) is 19.4 Å². The fourth-order valence-corrected chi connectivity index (χ4v) is 1.45. The van der Waals surface area contributed by atoms with Crippen LogP contribution in [0.3, 0.4) is 0 Å². The largest absolute Gasteiger partial charge is 0.481 e. The summed E-state index contributed by atoms with van der Waals surface area (Å²) >= 11 is 0. The van der Waals surface area contributed by atoms with Gasteiger partial charge in [0.05, 0.1) is 0 Å². The number of aliphatic carboxylic acids is 1. The molecule has 5 heteroatoms. The van der Waals surface area contributed by atoms with Gasteiger partial charge in [-0.05, 0) is 26.2 Å². The smallest absolute Gasteiger partial charge is 0.303 e. The molecular weight excluding hydrogens is 208 g/mol. The minimum atomic E-state index is -0.799. The lowest BCUT2D eigenvalue weighted by Crippen LogP contribution is -2.39. The van der Waals surface area contributed by atoms with E-state index in [9.17, 15) is 9.59 Å². The number of rotatable bonds is 8. The third kappa shape index (κ3) is 6.40. The Morgan fingerprint density at radius 2 is 2.06 bits per heavy atom. The Bertz CT molecular complexity index is 227. The zero-order valence-electron chi connectivity index (χ0n) is 10.0. The van der Waals surface area contributed by atoms with Crippen LogP contribution in [0.25, 0.3) is 0 Å². The molecule has 94 valence electrons. The molecule has 0 spiro atoms. The van der Waals surface area contributed by atoms with Crippen molar-refractivity contribution in [3.63, 3.8) is 0 Å². The number of carbonyl (C=O) groups is 2. The van der Waals surface area contributed by atoms with Gasteiger partial charge in [-0.2, -0.15) is 0 Å². The first kappa shape index (κ1) is 14.9. The van der Waals surface area contributed by atoms with Crippen molar-refractivity contribution in [3.8, 4) is 0 Å². The predicted octanol–water partition coefficient (Wildman–Crippen LogP) is 0.731. The van der Waals surface area contributed by atoms with Gasteiger partial charge in [0, 0.05) is 24.9 Å². The zero-order chi connectivity index (χ0) is 12.6. The van der Waals surface area contributed by atoms with E-state index in [-0.39, 0.29) is 24.3 Å². The maximum absolute atomic E-state index is 11.6. The van der Waals surface area contributed by atoms with E-state index in [1.54, 1.807) is 0 Å². The monoisotopic (exact) mass is 230 g/mol. The lowest BCUT2D eigenvalue weighted by molar-refractivity contribution is -0.137. The quantitative estimate of drug-likeness (QED) is 0.573. The molecule has 2 atom stereocenters. The maximum atomic E-state index is 11.6. The van der Waals surface area contributed by atoms with E-state index < -0.39 is 5.97 Å². The molecule has 0 aliphatic carbocycles. The highest BCUT2D eigenvalue weighted by Crippen LogP contribution is 2.04. The molecule has 0 aromatic heterocycles. The van der Waals surface area contributed by atoms with Gasteiger partial charge in [-0.25, -0.2) is 0 Å². The van der Waals surface area contributed by atoms with Crippen LogP contribution in [0.4, 0.5) is 0 Å². The fourth-order valence-electron chi connectivity index (χ4n) is 1.45. The molecule has 5 nitrogen and oxygen atoms in total. The summed E-state index contributed by atoms with van der Waals surface area (Å²) in [5, 5.41) is 11.3. The van der Waals surface area contributed by atoms with E-state index in [1.807, 2.05) is 13.8 Å². The lowest BCUT2D eigenvalue weighted by atomic mass is 10.0. The van der Waals surface area contributed by atoms with Crippen LogP contribution < -0.4 is 11.1 Å². The van der Waals surface area contributed by atoms with Crippen LogP contribution in [0, 0.1) is 5.92 Å². The number of hydrogen-bond acceptors (Lipinski definition) is 3. The number of nitrogens with one attached hydrogen (secondary N) is 1. The van der Waals surface area contributed by atoms with E-state index in [0.717, 1.165) is 6.42 Å². The molecule has 0 heterocycles. The van der Waals surface area contributed by atoms with Crippen molar-refractivity contribution in [1.82, 2.24) is 5.32 Å². The summed E-state index contributed by atoms with van der Waals surface area (Å²) in [4.78, 5) is 21.9. The van der Waals surface area contributed by atoms with Gasteiger partial charge >= 0.3 is 5.97 Å². The van der Waals surface area contributed by atoms with Gasteiger partial charge in [-0.3, -0.25) is 9.59 Å². The first-order valence-electron chi connectivity index (χ1n) is 5.73. The van der Waals surface area contributed by atoms with Gasteiger partial charge < -0.3 is 16.2 Å². The van der Waals surface area contributed by atoms with Gasteiger partial charge in [-0.15, -0.1) is 0 Å². The molecule has 0 saturated carbocycles. The standard InChI is InChI=1S/C11H22N2O3/c1-3-9(7-12)11(16)13-8(2)5-4-6-10(14)15/h8-9H,3-7,12H2,1-2H3,(H,13,16)(H,14,15). The second kappa shape index (κ2) is 8.10. The molecule has 0 saturated heterocycles. The Morgan fingerprint density at radius 3 is 2.50 bits per heavy atom. The number of amides is 1. The summed E-state index contributed by atoms with van der Waals surface area (Å²) in [6.45, 7) is 4.15. The Balaban J connectivity index is 3.81. The Morgan fingerprint density at radius 1 is 1.44 bits per heavy atom. The Hall–Kier alpha value is -1.10. The summed E-state index contributed by atoms with van der Waals surface area (Å²) in [6.07, 6.45) is 2.13. The lowest BCUT2D eigenvalue weighted by Gasteiger charge is -2.17. The van der Waals surface area contributed by atoms with Crippen molar-refractivity contribution in [2.75, 3.05) is 6.54 Å². The van der Waals surface area contributed by atoms with Gasteiger partial charge in [0.15, 0.2) is 0 Å². The fraction of sp³-hybridized carbons (Fsp3) is 0.818. The highest BCUT2D eigenvalue weighted by molar-refractivity contribution is 5.79. The van der Waals surface area contributed by atoms with Crippen LogP contribution in [0.5, 0.6) is 0 Å². The Kier molecular flexibility index (Phi) is 7.54. The summed E-state index contributed by atoms with van der Waals surface area (Å²) < 4.78 is 0. The van der Waals surface area contributed by atoms with Crippen molar-refractivity contribution in [2.24, 2.45) is 11.7 Å². The highest BCUT2D eigenvalue weighted by atomic mass is 16.4. The van der Waals surface area contributed by atoms with Crippen molar-refractivity contribution >= 4 is 11.9 Å². The number of carbonyl (C=O) groups excluding carboxylic acids is 1. The molecule has 0 bridgehead atoms. The summed E-state index contributed by atoms with van der Waals surface area (Å²) in [5.74, 6) is -0.971. The third-order valence-corrected chi connectivity index (χ3v) is 2.56. The molecule has 0 fully saturated rings. The molecule has 2 unspecified atom stereocenters. The van der Waals surface area contributed by atoms with Gasteiger partial charge in [0.1, 0.15) is 0 Å². The third-order valence-electron chi connectivity index (χ3n) is 2.56. The first-order chi connectivity index (χ1) is 7.51. The second-order valence-corrected chi connectivity index (χ2v) is 4.04. The predicted molar refractivity (Wildman–Crippen MR) is 61.9 cm³/mol. The highest BCUT2D eigenvalue weighted by Gasteiger charge is 2.16. The number of hydrogen-bond donors (Lipinski definition) is 3. The van der Waals surface area contributed by atoms with Crippen LogP contribution >= 0.6 is 0 Å². The molecule has 0 aromatic carbocycles. The minimum Gasteiger partial charge on any atom is -0.481 e. The number of carboxylic acid groups (broad SMARTS) is 1. The van der Waals surface area contributed by atoms with Crippen LogP contribution in [0.2, 0.25) is 0 Å². The molecular formula is C11H22N2O3. The SMILES string of the molecule is CCC(CN)C(=O)NC(C)CCCC(=O)O. The normalized spacial score (nSPS) is 14.2. The van der Waals surface area contributed by atoms with Crippen molar-refractivity contribution in [3.05, 3.63) is 0 Å². The molecule has 0 aliphatic rings. The maximum Gasteiger partial charge on any atom is 0.303 e. The molecule has 16 heavy (non-hydrogen) atoms. The van der Waals surface area contributed by atoms with Crippen LogP contribution in [-0.4, -0.2) is 29.6 Å². The average molecular weight is 230 g/mol. The topological polar surface area (TPSA) is 92.4 Å². The second-order valence-electron chi connectivity index (χ2n) is 4.04. The molecule has 0 aliphatic heterocycles. The minimum absolute atomic E-state index is 0.00690. The first-order valence-corrected chi connectivity index (χ1v) is 5.73. The summed E-state index contributed by atoms with van der Waals surface area (Å²) in [6, 6.07) is 0.00690. The van der Waals surface area contributed by atoms with Gasteiger partial charge in [0.2, 0.25) is 5.91 Å². The molecule has 0 rings (SSSR count). The van der Waals surface area contributed by atoms with E-state index in [2.05, 4.69) is 5.32 Å².